The molecule has 0 radical (unpaired) electrons. The Morgan fingerprint density at radius 2 is 1.82 bits per heavy atom. The summed E-state index contributed by atoms with van der Waals surface area (Å²) in [6.45, 7) is 2.12. The van der Waals surface area contributed by atoms with E-state index in [1.807, 2.05) is 42.5 Å². The van der Waals surface area contributed by atoms with Crippen LogP contribution in [0, 0.1) is 0 Å². The summed E-state index contributed by atoms with van der Waals surface area (Å²) in [5.41, 5.74) is 2.31. The van der Waals surface area contributed by atoms with Crippen LogP contribution in [-0.2, 0) is 14.3 Å². The van der Waals surface area contributed by atoms with Crippen LogP contribution >= 0.6 is 0 Å². The van der Waals surface area contributed by atoms with Crippen molar-refractivity contribution >= 4 is 17.7 Å². The molecule has 0 saturated heterocycles. The molecule has 2 aromatic carbocycles. The Morgan fingerprint density at radius 1 is 1.14 bits per heavy atom. The molecule has 0 aromatic heterocycles. The van der Waals surface area contributed by atoms with E-state index in [2.05, 4.69) is 4.99 Å². The van der Waals surface area contributed by atoms with E-state index in [1.54, 1.807) is 25.1 Å². The summed E-state index contributed by atoms with van der Waals surface area (Å²) in [6, 6.07) is 16.9. The first-order valence-electron chi connectivity index (χ1n) is 7.13. The summed E-state index contributed by atoms with van der Waals surface area (Å²) in [7, 11) is 0. The highest BCUT2D eigenvalue weighted by Gasteiger charge is 2.21. The molecule has 2 aromatic rings. The fraction of sp³-hybridized carbons (Fsp3) is 0.222. The van der Waals surface area contributed by atoms with E-state index in [0.717, 1.165) is 11.1 Å². The predicted octanol–water partition coefficient (Wildman–Crippen LogP) is 3.74. The number of carbonyl (C=O) groups is 1. The monoisotopic (exact) mass is 295 g/mol. The van der Waals surface area contributed by atoms with Crippen molar-refractivity contribution in [3.63, 3.8) is 0 Å². The minimum atomic E-state index is -0.277. The minimum absolute atomic E-state index is 0.198. The Kier molecular flexibility index (Phi) is 5.64. The van der Waals surface area contributed by atoms with Gasteiger partial charge in [0.1, 0.15) is 0 Å². The van der Waals surface area contributed by atoms with E-state index in [0.29, 0.717) is 12.3 Å². The average Bonchev–Trinajstić information content (AvgIpc) is 2.55. The Labute approximate surface area is 129 Å². The van der Waals surface area contributed by atoms with Crippen molar-refractivity contribution in [2.24, 2.45) is 4.99 Å². The summed E-state index contributed by atoms with van der Waals surface area (Å²) in [6.07, 6.45) is 1.77. The van der Waals surface area contributed by atoms with Crippen LogP contribution in [0.5, 0.6) is 0 Å². The molecule has 0 saturated carbocycles. The van der Waals surface area contributed by atoms with Crippen LogP contribution in [0.2, 0.25) is 0 Å². The smallest absolute Gasteiger partial charge is 0.306 e. The molecule has 2 rings (SSSR count). The van der Waals surface area contributed by atoms with Crippen LogP contribution in [-0.4, -0.2) is 18.7 Å². The predicted molar refractivity (Wildman–Crippen MR) is 83.8 cm³/mol. The first kappa shape index (κ1) is 15.7. The van der Waals surface area contributed by atoms with Crippen LogP contribution in [0.15, 0.2) is 59.6 Å². The third-order valence-electron chi connectivity index (χ3n) is 3.36. The molecule has 0 amide bonds. The molecular weight excluding hydrogens is 278 g/mol. The Morgan fingerprint density at radius 3 is 2.50 bits per heavy atom. The standard InChI is InChI=1S/C18H17NO3/c1-2-22-18(21)12-16(14-8-4-3-5-9-14)15-10-6-7-11-17(15)19-13-20/h3-11,16H,2,12H2,1H3. The normalized spacial score (nSPS) is 11.3. The lowest BCUT2D eigenvalue weighted by atomic mass is 9.87. The summed E-state index contributed by atoms with van der Waals surface area (Å²) in [5.74, 6) is -0.491. The lowest BCUT2D eigenvalue weighted by Crippen LogP contribution is -2.11. The number of aliphatic imine (C=N–C) groups is 1. The van der Waals surface area contributed by atoms with Crippen molar-refractivity contribution < 1.29 is 14.3 Å². The van der Waals surface area contributed by atoms with E-state index in [-0.39, 0.29) is 18.3 Å². The zero-order valence-electron chi connectivity index (χ0n) is 12.4. The number of ether oxygens (including phenoxy) is 1. The van der Waals surface area contributed by atoms with Crippen molar-refractivity contribution in [1.29, 1.82) is 0 Å². The molecule has 0 heterocycles. The molecule has 0 fully saturated rings. The third kappa shape index (κ3) is 3.90. The second-order valence-electron chi connectivity index (χ2n) is 4.73. The van der Waals surface area contributed by atoms with Crippen molar-refractivity contribution in [2.75, 3.05) is 6.61 Å². The van der Waals surface area contributed by atoms with Gasteiger partial charge < -0.3 is 4.74 Å². The van der Waals surface area contributed by atoms with Crippen molar-refractivity contribution in [3.05, 3.63) is 65.7 Å². The molecule has 112 valence electrons. The second-order valence-corrected chi connectivity index (χ2v) is 4.73. The van der Waals surface area contributed by atoms with Gasteiger partial charge in [-0.15, -0.1) is 0 Å². The Hall–Kier alpha value is -2.71. The third-order valence-corrected chi connectivity index (χ3v) is 3.36. The number of hydrogen-bond donors (Lipinski definition) is 0. The number of carbonyl (C=O) groups excluding carboxylic acids is 2. The molecule has 0 aliphatic heterocycles. The average molecular weight is 295 g/mol. The lowest BCUT2D eigenvalue weighted by molar-refractivity contribution is -0.143. The molecule has 4 nitrogen and oxygen atoms in total. The number of para-hydroxylation sites is 1. The SMILES string of the molecule is CCOC(=O)CC(c1ccccc1)c1ccccc1N=C=O. The number of nitrogens with zero attached hydrogens (tertiary/aromatic N) is 1. The van der Waals surface area contributed by atoms with Crippen LogP contribution in [0.3, 0.4) is 0 Å². The van der Waals surface area contributed by atoms with Crippen molar-refractivity contribution in [2.45, 2.75) is 19.3 Å². The van der Waals surface area contributed by atoms with Gasteiger partial charge in [0.2, 0.25) is 6.08 Å². The minimum Gasteiger partial charge on any atom is -0.466 e. The maximum atomic E-state index is 11.9. The molecule has 1 atom stereocenters. The van der Waals surface area contributed by atoms with E-state index in [4.69, 9.17) is 4.74 Å². The van der Waals surface area contributed by atoms with Crippen LogP contribution in [0.4, 0.5) is 5.69 Å². The first-order valence-corrected chi connectivity index (χ1v) is 7.13. The fourth-order valence-electron chi connectivity index (χ4n) is 2.41. The van der Waals surface area contributed by atoms with Gasteiger partial charge in [0, 0.05) is 5.92 Å². The molecule has 0 aliphatic rings. The van der Waals surface area contributed by atoms with Gasteiger partial charge in [-0.25, -0.2) is 4.79 Å². The number of isocyanates is 1. The van der Waals surface area contributed by atoms with Gasteiger partial charge in [0.25, 0.3) is 0 Å². The van der Waals surface area contributed by atoms with E-state index in [9.17, 15) is 9.59 Å². The zero-order valence-corrected chi connectivity index (χ0v) is 12.4. The fourth-order valence-corrected chi connectivity index (χ4v) is 2.41. The topological polar surface area (TPSA) is 55.7 Å². The Balaban J connectivity index is 2.44. The molecule has 0 spiro atoms. The number of hydrogen-bond acceptors (Lipinski definition) is 4. The molecule has 0 aliphatic carbocycles. The van der Waals surface area contributed by atoms with E-state index < -0.39 is 0 Å². The van der Waals surface area contributed by atoms with Crippen LogP contribution < -0.4 is 0 Å². The number of rotatable bonds is 6. The van der Waals surface area contributed by atoms with Crippen molar-refractivity contribution in [1.82, 2.24) is 0 Å². The van der Waals surface area contributed by atoms with Gasteiger partial charge in [-0.3, -0.25) is 4.79 Å². The van der Waals surface area contributed by atoms with Gasteiger partial charge in [0.15, 0.2) is 0 Å². The quantitative estimate of drug-likeness (QED) is 0.463. The van der Waals surface area contributed by atoms with E-state index >= 15 is 0 Å². The molecule has 22 heavy (non-hydrogen) atoms. The summed E-state index contributed by atoms with van der Waals surface area (Å²) < 4.78 is 5.07. The van der Waals surface area contributed by atoms with Crippen molar-refractivity contribution in [3.8, 4) is 0 Å². The highest BCUT2D eigenvalue weighted by Crippen LogP contribution is 2.34. The Bertz CT molecular complexity index is 676. The van der Waals surface area contributed by atoms with Gasteiger partial charge in [-0.1, -0.05) is 48.5 Å². The molecule has 1 unspecified atom stereocenters. The maximum absolute atomic E-state index is 11.9. The van der Waals surface area contributed by atoms with Gasteiger partial charge in [-0.05, 0) is 24.1 Å². The van der Waals surface area contributed by atoms with Gasteiger partial charge in [0.05, 0.1) is 18.7 Å². The molecular formula is C18H17NO3. The lowest BCUT2D eigenvalue weighted by Gasteiger charge is -2.18. The molecule has 4 heteroatoms. The second kappa shape index (κ2) is 7.91. The van der Waals surface area contributed by atoms with Crippen LogP contribution in [0.1, 0.15) is 30.4 Å². The number of benzene rings is 2. The number of esters is 1. The molecule has 0 N–H and O–H groups in total. The van der Waals surface area contributed by atoms with E-state index in [1.165, 1.54) is 0 Å². The summed E-state index contributed by atoms with van der Waals surface area (Å²) in [4.78, 5) is 26.3. The first-order chi connectivity index (χ1) is 10.8. The highest BCUT2D eigenvalue weighted by molar-refractivity contribution is 5.72. The largest absolute Gasteiger partial charge is 0.466 e. The van der Waals surface area contributed by atoms with Gasteiger partial charge in [-0.2, -0.15) is 4.99 Å². The van der Waals surface area contributed by atoms with Gasteiger partial charge >= 0.3 is 5.97 Å². The maximum Gasteiger partial charge on any atom is 0.306 e. The summed E-state index contributed by atoms with van der Waals surface area (Å²) >= 11 is 0. The highest BCUT2D eigenvalue weighted by atomic mass is 16.5. The van der Waals surface area contributed by atoms with Crippen LogP contribution in [0.25, 0.3) is 0 Å². The summed E-state index contributed by atoms with van der Waals surface area (Å²) in [5, 5.41) is 0. The zero-order chi connectivity index (χ0) is 15.8. The molecule has 0 bridgehead atoms.